The van der Waals surface area contributed by atoms with Crippen LogP contribution in [0.5, 0.6) is 0 Å². The molecule has 0 saturated carbocycles. The summed E-state index contributed by atoms with van der Waals surface area (Å²) in [6.45, 7) is 12.4. The van der Waals surface area contributed by atoms with E-state index in [1.54, 1.807) is 7.11 Å². The number of nitrogens with one attached hydrogen (secondary N) is 2. The van der Waals surface area contributed by atoms with Gasteiger partial charge in [0.05, 0.1) is 26.4 Å². The second kappa shape index (κ2) is 9.96. The molecule has 2 unspecified atom stereocenters. The standard InChI is InChI=1S/C14H30N4O2/c1-5-15-14(17-12(2)11-19-4)16-10-13(3)18-6-8-20-9-7-18/h12-13H,5-11H2,1-4H3,(H2,15,16,17). The van der Waals surface area contributed by atoms with Crippen LogP contribution in [0.15, 0.2) is 4.99 Å². The van der Waals surface area contributed by atoms with Crippen molar-refractivity contribution in [3.05, 3.63) is 0 Å². The third-order valence-corrected chi connectivity index (χ3v) is 3.33. The molecule has 1 rings (SSSR count). The van der Waals surface area contributed by atoms with Crippen molar-refractivity contribution in [2.75, 3.05) is 53.1 Å². The van der Waals surface area contributed by atoms with Gasteiger partial charge in [-0.2, -0.15) is 0 Å². The predicted molar refractivity (Wildman–Crippen MR) is 82.3 cm³/mol. The van der Waals surface area contributed by atoms with Gasteiger partial charge in [-0.3, -0.25) is 9.89 Å². The van der Waals surface area contributed by atoms with Gasteiger partial charge in [0.1, 0.15) is 0 Å². The minimum absolute atomic E-state index is 0.247. The highest BCUT2D eigenvalue weighted by molar-refractivity contribution is 5.80. The number of hydrogen-bond acceptors (Lipinski definition) is 4. The molecule has 0 radical (unpaired) electrons. The molecule has 0 amide bonds. The van der Waals surface area contributed by atoms with Gasteiger partial charge in [-0.15, -0.1) is 0 Å². The molecular weight excluding hydrogens is 256 g/mol. The van der Waals surface area contributed by atoms with Crippen molar-refractivity contribution in [1.82, 2.24) is 15.5 Å². The van der Waals surface area contributed by atoms with Gasteiger partial charge in [0.25, 0.3) is 0 Å². The SMILES string of the molecule is CCNC(=NCC(C)N1CCOCC1)NC(C)COC. The first kappa shape index (κ1) is 17.2. The molecule has 2 atom stereocenters. The topological polar surface area (TPSA) is 58.1 Å². The van der Waals surface area contributed by atoms with E-state index < -0.39 is 0 Å². The van der Waals surface area contributed by atoms with E-state index in [2.05, 4.69) is 41.3 Å². The molecule has 20 heavy (non-hydrogen) atoms. The second-order valence-electron chi connectivity index (χ2n) is 5.22. The number of nitrogens with zero attached hydrogens (tertiary/aromatic N) is 2. The van der Waals surface area contributed by atoms with E-state index in [9.17, 15) is 0 Å². The van der Waals surface area contributed by atoms with Crippen molar-refractivity contribution < 1.29 is 9.47 Å². The van der Waals surface area contributed by atoms with Gasteiger partial charge in [-0.1, -0.05) is 0 Å². The molecule has 1 fully saturated rings. The van der Waals surface area contributed by atoms with E-state index in [-0.39, 0.29) is 6.04 Å². The molecule has 0 bridgehead atoms. The van der Waals surface area contributed by atoms with Crippen LogP contribution in [0.3, 0.4) is 0 Å². The van der Waals surface area contributed by atoms with Crippen molar-refractivity contribution in [1.29, 1.82) is 0 Å². The van der Waals surface area contributed by atoms with Gasteiger partial charge in [0.2, 0.25) is 0 Å². The van der Waals surface area contributed by atoms with Crippen molar-refractivity contribution >= 4 is 5.96 Å². The van der Waals surface area contributed by atoms with Crippen LogP contribution in [-0.2, 0) is 9.47 Å². The monoisotopic (exact) mass is 286 g/mol. The molecule has 0 spiro atoms. The Kier molecular flexibility index (Phi) is 8.57. The predicted octanol–water partition coefficient (Wildman–Crippen LogP) is 0.297. The molecule has 1 heterocycles. The van der Waals surface area contributed by atoms with Crippen LogP contribution in [-0.4, -0.2) is 76.1 Å². The van der Waals surface area contributed by atoms with Gasteiger partial charge in [0.15, 0.2) is 5.96 Å². The molecule has 6 nitrogen and oxygen atoms in total. The van der Waals surface area contributed by atoms with Crippen molar-refractivity contribution in [3.8, 4) is 0 Å². The lowest BCUT2D eigenvalue weighted by molar-refractivity contribution is 0.0220. The molecule has 6 heteroatoms. The zero-order chi connectivity index (χ0) is 14.8. The Morgan fingerprint density at radius 3 is 2.65 bits per heavy atom. The Hall–Kier alpha value is -0.850. The molecule has 0 aromatic carbocycles. The van der Waals surface area contributed by atoms with E-state index in [1.807, 2.05) is 0 Å². The smallest absolute Gasteiger partial charge is 0.191 e. The first-order valence-corrected chi connectivity index (χ1v) is 7.53. The molecule has 1 aliphatic rings. The number of hydrogen-bond donors (Lipinski definition) is 2. The summed E-state index contributed by atoms with van der Waals surface area (Å²) in [5, 5.41) is 6.62. The maximum absolute atomic E-state index is 5.38. The summed E-state index contributed by atoms with van der Waals surface area (Å²) in [5.74, 6) is 0.858. The highest BCUT2D eigenvalue weighted by Crippen LogP contribution is 2.03. The Bertz CT molecular complexity index is 280. The maximum atomic E-state index is 5.38. The summed E-state index contributed by atoms with van der Waals surface area (Å²) in [5.41, 5.74) is 0. The van der Waals surface area contributed by atoms with E-state index in [4.69, 9.17) is 9.47 Å². The second-order valence-corrected chi connectivity index (χ2v) is 5.22. The van der Waals surface area contributed by atoms with E-state index in [0.717, 1.165) is 45.4 Å². The summed E-state index contributed by atoms with van der Waals surface area (Å²) in [4.78, 5) is 7.09. The lowest BCUT2D eigenvalue weighted by atomic mass is 10.2. The average Bonchev–Trinajstić information content (AvgIpc) is 2.46. The normalized spacial score (nSPS) is 20.5. The van der Waals surface area contributed by atoms with Gasteiger partial charge >= 0.3 is 0 Å². The Labute approximate surface area is 122 Å². The van der Waals surface area contributed by atoms with Crippen LogP contribution in [0, 0.1) is 0 Å². The lowest BCUT2D eigenvalue weighted by Crippen LogP contribution is -2.46. The van der Waals surface area contributed by atoms with Crippen LogP contribution < -0.4 is 10.6 Å². The molecule has 2 N–H and O–H groups in total. The first-order chi connectivity index (χ1) is 9.67. The summed E-state index contributed by atoms with van der Waals surface area (Å²) in [6.07, 6.45) is 0. The molecule has 0 aromatic rings. The molecule has 0 aromatic heterocycles. The quantitative estimate of drug-likeness (QED) is 0.521. The van der Waals surface area contributed by atoms with Crippen molar-refractivity contribution in [2.24, 2.45) is 4.99 Å². The zero-order valence-electron chi connectivity index (χ0n) is 13.3. The Morgan fingerprint density at radius 1 is 1.35 bits per heavy atom. The fraction of sp³-hybridized carbons (Fsp3) is 0.929. The largest absolute Gasteiger partial charge is 0.383 e. The number of aliphatic imine (C=N–C) groups is 1. The van der Waals surface area contributed by atoms with E-state index in [0.29, 0.717) is 12.6 Å². The number of methoxy groups -OCH3 is 1. The molecule has 1 saturated heterocycles. The summed E-state index contributed by atoms with van der Waals surface area (Å²) in [7, 11) is 1.71. The van der Waals surface area contributed by atoms with Crippen molar-refractivity contribution in [2.45, 2.75) is 32.9 Å². The zero-order valence-corrected chi connectivity index (χ0v) is 13.3. The molecule has 0 aliphatic carbocycles. The summed E-state index contributed by atoms with van der Waals surface area (Å²) < 4.78 is 10.5. The first-order valence-electron chi connectivity index (χ1n) is 7.53. The Balaban J connectivity index is 2.43. The number of ether oxygens (including phenoxy) is 2. The van der Waals surface area contributed by atoms with Gasteiger partial charge in [-0.05, 0) is 20.8 Å². The summed E-state index contributed by atoms with van der Waals surface area (Å²) in [6, 6.07) is 0.684. The van der Waals surface area contributed by atoms with Crippen LogP contribution >= 0.6 is 0 Å². The fourth-order valence-corrected chi connectivity index (χ4v) is 2.20. The van der Waals surface area contributed by atoms with Crippen LogP contribution in [0.25, 0.3) is 0 Å². The molecular formula is C14H30N4O2. The van der Waals surface area contributed by atoms with E-state index >= 15 is 0 Å². The van der Waals surface area contributed by atoms with Crippen LogP contribution in [0.2, 0.25) is 0 Å². The third-order valence-electron chi connectivity index (χ3n) is 3.33. The Morgan fingerprint density at radius 2 is 2.05 bits per heavy atom. The number of morpholine rings is 1. The highest BCUT2D eigenvalue weighted by atomic mass is 16.5. The van der Waals surface area contributed by atoms with Gasteiger partial charge < -0.3 is 20.1 Å². The summed E-state index contributed by atoms with van der Waals surface area (Å²) >= 11 is 0. The number of rotatable bonds is 7. The average molecular weight is 286 g/mol. The van der Waals surface area contributed by atoms with Crippen molar-refractivity contribution in [3.63, 3.8) is 0 Å². The lowest BCUT2D eigenvalue weighted by Gasteiger charge is -2.31. The van der Waals surface area contributed by atoms with Crippen LogP contribution in [0.4, 0.5) is 0 Å². The van der Waals surface area contributed by atoms with E-state index in [1.165, 1.54) is 0 Å². The van der Waals surface area contributed by atoms with Gasteiger partial charge in [-0.25, -0.2) is 0 Å². The number of guanidine groups is 1. The third kappa shape index (κ3) is 6.54. The van der Waals surface area contributed by atoms with Crippen LogP contribution in [0.1, 0.15) is 20.8 Å². The minimum Gasteiger partial charge on any atom is -0.383 e. The highest BCUT2D eigenvalue weighted by Gasteiger charge is 2.16. The maximum Gasteiger partial charge on any atom is 0.191 e. The fourth-order valence-electron chi connectivity index (χ4n) is 2.20. The molecule has 1 aliphatic heterocycles. The minimum atomic E-state index is 0.247. The van der Waals surface area contributed by atoms with Gasteiger partial charge in [0, 0.05) is 38.8 Å². The molecule has 118 valence electrons.